The lowest BCUT2D eigenvalue weighted by Gasteiger charge is -2.03. The van der Waals surface area contributed by atoms with E-state index in [1.165, 1.54) is 6.07 Å². The van der Waals surface area contributed by atoms with Crippen LogP contribution in [0.3, 0.4) is 0 Å². The molecule has 0 spiro atoms. The molecule has 2 nitrogen and oxygen atoms in total. The number of carbonyl (C=O) groups is 1. The summed E-state index contributed by atoms with van der Waals surface area (Å²) in [5.41, 5.74) is 0.0659. The van der Waals surface area contributed by atoms with Crippen LogP contribution in [0.4, 0.5) is 4.39 Å². The second kappa shape index (κ2) is 4.37. The molecule has 13 heavy (non-hydrogen) atoms. The van der Waals surface area contributed by atoms with E-state index in [-0.39, 0.29) is 11.5 Å². The third kappa shape index (κ3) is 2.28. The van der Waals surface area contributed by atoms with Crippen LogP contribution >= 0.6 is 15.9 Å². The van der Waals surface area contributed by atoms with Crippen molar-refractivity contribution >= 4 is 21.8 Å². The molecule has 0 aliphatic rings. The van der Waals surface area contributed by atoms with Gasteiger partial charge >= 0.3 is 0 Å². The predicted octanol–water partition coefficient (Wildman–Crippen LogP) is 2.34. The van der Waals surface area contributed by atoms with Crippen LogP contribution in [-0.2, 0) is 0 Å². The van der Waals surface area contributed by atoms with Crippen LogP contribution in [0.5, 0.6) is 0 Å². The van der Waals surface area contributed by atoms with E-state index in [9.17, 15) is 9.18 Å². The number of amides is 1. The highest BCUT2D eigenvalue weighted by Crippen LogP contribution is 2.18. The first kappa shape index (κ1) is 10.2. The number of nitrogens with one attached hydrogen (secondary N) is 1. The third-order valence-corrected chi connectivity index (χ3v) is 2.15. The second-order valence-corrected chi connectivity index (χ2v) is 3.32. The van der Waals surface area contributed by atoms with Crippen LogP contribution in [0.2, 0.25) is 0 Å². The molecule has 0 fully saturated rings. The van der Waals surface area contributed by atoms with Crippen molar-refractivity contribution in [3.8, 4) is 0 Å². The molecule has 0 saturated heterocycles. The molecule has 70 valence electrons. The Balaban J connectivity index is 3.01. The Bertz CT molecular complexity index is 327. The normalized spacial score (nSPS) is 9.77. The smallest absolute Gasteiger partial charge is 0.254 e. The average molecular weight is 246 g/mol. The highest BCUT2D eigenvalue weighted by atomic mass is 79.9. The number of hydrogen-bond donors (Lipinski definition) is 1. The van der Waals surface area contributed by atoms with Gasteiger partial charge in [-0.3, -0.25) is 4.79 Å². The molecule has 0 aromatic heterocycles. The van der Waals surface area contributed by atoms with Crippen molar-refractivity contribution in [2.45, 2.75) is 6.92 Å². The fourth-order valence-corrected chi connectivity index (χ4v) is 1.30. The van der Waals surface area contributed by atoms with Gasteiger partial charge in [0, 0.05) is 6.54 Å². The Hall–Kier alpha value is -0.900. The van der Waals surface area contributed by atoms with Crippen molar-refractivity contribution < 1.29 is 9.18 Å². The minimum atomic E-state index is -0.520. The maximum Gasteiger partial charge on any atom is 0.254 e. The quantitative estimate of drug-likeness (QED) is 0.852. The number of carbonyl (C=O) groups excluding carboxylic acids is 1. The molecule has 1 aromatic rings. The molecule has 0 aliphatic carbocycles. The summed E-state index contributed by atoms with van der Waals surface area (Å²) < 4.78 is 13.6. The average Bonchev–Trinajstić information content (AvgIpc) is 2.10. The van der Waals surface area contributed by atoms with Crippen molar-refractivity contribution in [1.29, 1.82) is 0 Å². The monoisotopic (exact) mass is 245 g/mol. The van der Waals surface area contributed by atoms with Gasteiger partial charge in [0.1, 0.15) is 5.82 Å². The van der Waals surface area contributed by atoms with Crippen LogP contribution < -0.4 is 5.32 Å². The lowest BCUT2D eigenvalue weighted by molar-refractivity contribution is 0.0951. The second-order valence-electron chi connectivity index (χ2n) is 2.46. The van der Waals surface area contributed by atoms with Crippen molar-refractivity contribution in [3.63, 3.8) is 0 Å². The van der Waals surface area contributed by atoms with E-state index in [0.717, 1.165) is 0 Å². The van der Waals surface area contributed by atoms with Gasteiger partial charge in [0.15, 0.2) is 0 Å². The molecule has 0 radical (unpaired) electrons. The SMILES string of the molecule is CCNC(=O)c1cccc(Br)c1F. The summed E-state index contributed by atoms with van der Waals surface area (Å²) in [4.78, 5) is 11.2. The Morgan fingerprint density at radius 2 is 2.31 bits per heavy atom. The molecule has 1 rings (SSSR count). The van der Waals surface area contributed by atoms with Gasteiger partial charge in [0.2, 0.25) is 0 Å². The lowest BCUT2D eigenvalue weighted by Crippen LogP contribution is -2.23. The molecule has 1 aromatic carbocycles. The van der Waals surface area contributed by atoms with Gasteiger partial charge in [-0.05, 0) is 35.0 Å². The van der Waals surface area contributed by atoms with Crippen LogP contribution in [0.15, 0.2) is 22.7 Å². The molecule has 4 heteroatoms. The molecule has 0 atom stereocenters. The summed E-state index contributed by atoms with van der Waals surface area (Å²) in [6.45, 7) is 2.28. The molecule has 1 amide bonds. The van der Waals surface area contributed by atoms with E-state index >= 15 is 0 Å². The lowest BCUT2D eigenvalue weighted by atomic mass is 10.2. The summed E-state index contributed by atoms with van der Waals surface area (Å²) in [5, 5.41) is 2.53. The van der Waals surface area contributed by atoms with E-state index in [0.29, 0.717) is 11.0 Å². The first-order valence-electron chi connectivity index (χ1n) is 3.89. The minimum Gasteiger partial charge on any atom is -0.352 e. The highest BCUT2D eigenvalue weighted by molar-refractivity contribution is 9.10. The first-order chi connectivity index (χ1) is 6.16. The predicted molar refractivity (Wildman–Crippen MR) is 52.1 cm³/mol. The fourth-order valence-electron chi connectivity index (χ4n) is 0.935. The highest BCUT2D eigenvalue weighted by Gasteiger charge is 2.12. The van der Waals surface area contributed by atoms with Crippen molar-refractivity contribution in [2.75, 3.05) is 6.54 Å². The number of rotatable bonds is 2. The maximum absolute atomic E-state index is 13.3. The molecular weight excluding hydrogens is 237 g/mol. The summed E-state index contributed by atoms with van der Waals surface area (Å²) in [5.74, 6) is -0.908. The number of benzene rings is 1. The maximum atomic E-state index is 13.3. The molecule has 0 saturated carbocycles. The van der Waals surface area contributed by atoms with E-state index < -0.39 is 5.82 Å². The van der Waals surface area contributed by atoms with E-state index in [4.69, 9.17) is 0 Å². The largest absolute Gasteiger partial charge is 0.352 e. The summed E-state index contributed by atoms with van der Waals surface area (Å²) in [6.07, 6.45) is 0. The van der Waals surface area contributed by atoms with Crippen molar-refractivity contribution in [1.82, 2.24) is 5.32 Å². The van der Waals surface area contributed by atoms with Crippen molar-refractivity contribution in [2.24, 2.45) is 0 Å². The first-order valence-corrected chi connectivity index (χ1v) is 4.68. The zero-order valence-corrected chi connectivity index (χ0v) is 8.69. The van der Waals surface area contributed by atoms with Gasteiger partial charge in [-0.15, -0.1) is 0 Å². The Kier molecular flexibility index (Phi) is 3.42. The molecular formula is C9H9BrFNO. The number of hydrogen-bond acceptors (Lipinski definition) is 1. The molecule has 0 aliphatic heterocycles. The van der Waals surface area contributed by atoms with E-state index in [2.05, 4.69) is 21.2 Å². The zero-order chi connectivity index (χ0) is 9.84. The van der Waals surface area contributed by atoms with E-state index in [1.807, 2.05) is 0 Å². The van der Waals surface area contributed by atoms with Crippen molar-refractivity contribution in [3.05, 3.63) is 34.1 Å². The topological polar surface area (TPSA) is 29.1 Å². The van der Waals surface area contributed by atoms with Gasteiger partial charge in [-0.25, -0.2) is 4.39 Å². The van der Waals surface area contributed by atoms with Gasteiger partial charge in [-0.2, -0.15) is 0 Å². The minimum absolute atomic E-state index is 0.0659. The zero-order valence-electron chi connectivity index (χ0n) is 7.10. The molecule has 0 bridgehead atoms. The van der Waals surface area contributed by atoms with Crippen LogP contribution in [-0.4, -0.2) is 12.5 Å². The third-order valence-electron chi connectivity index (χ3n) is 1.53. The Labute approximate surface area is 84.3 Å². The molecule has 1 N–H and O–H groups in total. The standard InChI is InChI=1S/C9H9BrFNO/c1-2-12-9(13)6-4-3-5-7(10)8(6)11/h3-5H,2H2,1H3,(H,12,13). The van der Waals surface area contributed by atoms with Crippen LogP contribution in [0.25, 0.3) is 0 Å². The summed E-state index contributed by atoms with van der Waals surface area (Å²) in [6, 6.07) is 4.63. The van der Waals surface area contributed by atoms with Crippen LogP contribution in [0, 0.1) is 5.82 Å². The Morgan fingerprint density at radius 1 is 1.62 bits per heavy atom. The summed E-state index contributed by atoms with van der Waals surface area (Å²) >= 11 is 3.01. The van der Waals surface area contributed by atoms with Gasteiger partial charge in [0.05, 0.1) is 10.0 Å². The number of halogens is 2. The van der Waals surface area contributed by atoms with Crippen LogP contribution in [0.1, 0.15) is 17.3 Å². The van der Waals surface area contributed by atoms with Gasteiger partial charge < -0.3 is 5.32 Å². The van der Waals surface area contributed by atoms with Gasteiger partial charge in [-0.1, -0.05) is 6.07 Å². The summed E-state index contributed by atoms with van der Waals surface area (Å²) in [7, 11) is 0. The fraction of sp³-hybridized carbons (Fsp3) is 0.222. The Morgan fingerprint density at radius 3 is 2.92 bits per heavy atom. The molecule has 0 unspecified atom stereocenters. The molecule has 0 heterocycles. The van der Waals surface area contributed by atoms with E-state index in [1.54, 1.807) is 19.1 Å². The van der Waals surface area contributed by atoms with Gasteiger partial charge in [0.25, 0.3) is 5.91 Å².